The van der Waals surface area contributed by atoms with Gasteiger partial charge in [-0.05, 0) is 47.9 Å². The van der Waals surface area contributed by atoms with Crippen molar-refractivity contribution in [2.45, 2.75) is 13.3 Å². The first-order chi connectivity index (χ1) is 14.2. The van der Waals surface area contributed by atoms with Gasteiger partial charge in [-0.3, -0.25) is 4.79 Å². The summed E-state index contributed by atoms with van der Waals surface area (Å²) in [7, 11) is 0. The quantitative estimate of drug-likeness (QED) is 0.335. The molecule has 146 valence electrons. The lowest BCUT2D eigenvalue weighted by Gasteiger charge is -2.10. The fourth-order valence-corrected chi connectivity index (χ4v) is 2.78. The number of hydrogen-bond donors (Lipinski definition) is 1. The molecule has 0 saturated carbocycles. The van der Waals surface area contributed by atoms with Gasteiger partial charge in [0.2, 0.25) is 0 Å². The predicted octanol–water partition coefficient (Wildman–Crippen LogP) is 5.43. The van der Waals surface area contributed by atoms with Crippen LogP contribution in [-0.4, -0.2) is 18.5 Å². The second-order valence-electron chi connectivity index (χ2n) is 6.50. The van der Waals surface area contributed by atoms with Crippen LogP contribution in [0, 0.1) is 0 Å². The van der Waals surface area contributed by atoms with Crippen molar-refractivity contribution >= 4 is 29.2 Å². The zero-order valence-electron chi connectivity index (χ0n) is 16.3. The third-order valence-electron chi connectivity index (χ3n) is 4.26. The third kappa shape index (κ3) is 5.66. The zero-order valence-corrected chi connectivity index (χ0v) is 16.3. The van der Waals surface area contributed by atoms with Gasteiger partial charge in [0.25, 0.3) is 5.91 Å². The molecule has 3 aromatic carbocycles. The highest BCUT2D eigenvalue weighted by Crippen LogP contribution is 2.21. The van der Waals surface area contributed by atoms with Crippen LogP contribution in [0.5, 0.6) is 0 Å². The van der Waals surface area contributed by atoms with Gasteiger partial charge in [-0.15, -0.1) is 0 Å². The Morgan fingerprint density at radius 2 is 1.45 bits per heavy atom. The molecule has 4 nitrogen and oxygen atoms in total. The number of nitrogens with one attached hydrogen (secondary N) is 1. The summed E-state index contributed by atoms with van der Waals surface area (Å²) in [4.78, 5) is 24.9. The molecule has 0 atom stereocenters. The molecule has 3 aromatic rings. The van der Waals surface area contributed by atoms with Gasteiger partial charge in [-0.1, -0.05) is 67.6 Å². The Labute approximate surface area is 170 Å². The van der Waals surface area contributed by atoms with E-state index in [1.807, 2.05) is 73.7 Å². The summed E-state index contributed by atoms with van der Waals surface area (Å²) in [6.45, 7) is 2.33. The number of benzene rings is 3. The van der Waals surface area contributed by atoms with E-state index in [0.717, 1.165) is 17.5 Å². The molecule has 0 unspecified atom stereocenters. The topological polar surface area (TPSA) is 55.4 Å². The fourth-order valence-electron chi connectivity index (χ4n) is 2.78. The lowest BCUT2D eigenvalue weighted by molar-refractivity contribution is -0.111. The van der Waals surface area contributed by atoms with Gasteiger partial charge in [-0.2, -0.15) is 0 Å². The molecule has 0 aliphatic carbocycles. The van der Waals surface area contributed by atoms with E-state index in [4.69, 9.17) is 4.74 Å². The number of anilines is 1. The summed E-state index contributed by atoms with van der Waals surface area (Å²) in [5, 5.41) is 2.91. The van der Waals surface area contributed by atoms with Crippen molar-refractivity contribution in [2.24, 2.45) is 0 Å². The van der Waals surface area contributed by atoms with Crippen LogP contribution in [-0.2, 0) is 9.53 Å². The first-order valence-electron chi connectivity index (χ1n) is 9.58. The van der Waals surface area contributed by atoms with Crippen molar-refractivity contribution in [3.8, 4) is 0 Å². The Kier molecular flexibility index (Phi) is 6.95. The number of carbonyl (C=O) groups excluding carboxylic acids is 2. The maximum absolute atomic E-state index is 13.0. The normalized spacial score (nSPS) is 11.0. The lowest BCUT2D eigenvalue weighted by Crippen LogP contribution is -2.14. The van der Waals surface area contributed by atoms with E-state index in [-0.39, 0.29) is 11.9 Å². The van der Waals surface area contributed by atoms with Gasteiger partial charge in [0, 0.05) is 11.3 Å². The van der Waals surface area contributed by atoms with Gasteiger partial charge >= 0.3 is 5.97 Å². The van der Waals surface area contributed by atoms with Gasteiger partial charge in [0.1, 0.15) is 0 Å². The average Bonchev–Trinajstić information content (AvgIpc) is 2.77. The Hall–Kier alpha value is -3.66. The first kappa shape index (κ1) is 20.1. The van der Waals surface area contributed by atoms with Crippen molar-refractivity contribution in [2.75, 3.05) is 11.9 Å². The van der Waals surface area contributed by atoms with Crippen molar-refractivity contribution in [3.63, 3.8) is 0 Å². The maximum atomic E-state index is 13.0. The van der Waals surface area contributed by atoms with Crippen molar-refractivity contribution in [1.82, 2.24) is 0 Å². The molecule has 0 radical (unpaired) electrons. The van der Waals surface area contributed by atoms with Crippen LogP contribution in [0.15, 0.2) is 84.9 Å². The summed E-state index contributed by atoms with van der Waals surface area (Å²) in [5.41, 5.74) is 3.39. The van der Waals surface area contributed by atoms with Crippen LogP contribution in [0.25, 0.3) is 11.6 Å². The molecular weight excluding hydrogens is 362 g/mol. The average molecular weight is 385 g/mol. The highest BCUT2D eigenvalue weighted by molar-refractivity contribution is 6.29. The lowest BCUT2D eigenvalue weighted by atomic mass is 10.0. The summed E-state index contributed by atoms with van der Waals surface area (Å²) in [6.07, 6.45) is 2.64. The highest BCUT2D eigenvalue weighted by atomic mass is 16.5. The van der Waals surface area contributed by atoms with Crippen LogP contribution >= 0.6 is 0 Å². The molecule has 3 rings (SSSR count). The first-order valence-corrected chi connectivity index (χ1v) is 9.58. The molecule has 0 aromatic heterocycles. The molecule has 1 amide bonds. The zero-order chi connectivity index (χ0) is 20.5. The number of ether oxygens (including phenoxy) is 1. The second-order valence-corrected chi connectivity index (χ2v) is 6.50. The van der Waals surface area contributed by atoms with Gasteiger partial charge in [0.05, 0.1) is 12.2 Å². The predicted molar refractivity (Wildman–Crippen MR) is 116 cm³/mol. The number of carbonyl (C=O) groups is 2. The van der Waals surface area contributed by atoms with Crippen LogP contribution < -0.4 is 5.32 Å². The molecule has 0 aliphatic rings. The molecule has 0 saturated heterocycles. The Bertz CT molecular complexity index is 978. The summed E-state index contributed by atoms with van der Waals surface area (Å²) >= 11 is 0. The minimum absolute atomic E-state index is 0.221. The smallest absolute Gasteiger partial charge is 0.338 e. The van der Waals surface area contributed by atoms with E-state index in [2.05, 4.69) is 5.32 Å². The summed E-state index contributed by atoms with van der Waals surface area (Å²) < 4.78 is 5.13. The van der Waals surface area contributed by atoms with Crippen molar-refractivity contribution in [3.05, 3.63) is 102 Å². The van der Waals surface area contributed by atoms with Gasteiger partial charge in [-0.25, -0.2) is 4.79 Å². The minimum Gasteiger partial charge on any atom is -0.462 e. The molecule has 0 bridgehead atoms. The molecule has 0 heterocycles. The molecule has 1 N–H and O–H groups in total. The number of rotatable bonds is 7. The molecule has 0 aliphatic heterocycles. The van der Waals surface area contributed by atoms with Gasteiger partial charge in [0.15, 0.2) is 0 Å². The Balaban J connectivity index is 1.80. The highest BCUT2D eigenvalue weighted by Gasteiger charge is 2.13. The Morgan fingerprint density at radius 3 is 2.07 bits per heavy atom. The standard InChI is InChI=1S/C25H23NO3/c1-2-17-29-25(28)21-13-15-22(16-14-21)26-24(27)23(20-11-7-4-8-12-20)18-19-9-5-3-6-10-19/h3-16,18H,2,17H2,1H3,(H,26,27)/b23-18+. The SMILES string of the molecule is CCCOC(=O)c1ccc(NC(=O)/C(=C/c2ccccc2)c2ccccc2)cc1. The number of hydrogen-bond acceptors (Lipinski definition) is 3. The van der Waals surface area contributed by atoms with Crippen LogP contribution in [0.3, 0.4) is 0 Å². The van der Waals surface area contributed by atoms with Crippen LogP contribution in [0.1, 0.15) is 34.8 Å². The minimum atomic E-state index is -0.362. The summed E-state index contributed by atoms with van der Waals surface area (Å²) in [5.74, 6) is -0.583. The van der Waals surface area contributed by atoms with E-state index in [9.17, 15) is 9.59 Å². The Morgan fingerprint density at radius 1 is 0.828 bits per heavy atom. The van der Waals surface area contributed by atoms with Crippen molar-refractivity contribution in [1.29, 1.82) is 0 Å². The third-order valence-corrected chi connectivity index (χ3v) is 4.26. The molecule has 0 spiro atoms. The van der Waals surface area contributed by atoms with Crippen LogP contribution in [0.4, 0.5) is 5.69 Å². The monoisotopic (exact) mass is 385 g/mol. The molecular formula is C25H23NO3. The summed E-state index contributed by atoms with van der Waals surface area (Å²) in [6, 6.07) is 25.9. The number of amides is 1. The fraction of sp³-hybridized carbons (Fsp3) is 0.120. The van der Waals surface area contributed by atoms with E-state index >= 15 is 0 Å². The van der Waals surface area contributed by atoms with Gasteiger partial charge < -0.3 is 10.1 Å². The molecule has 0 fully saturated rings. The van der Waals surface area contributed by atoms with E-state index in [1.54, 1.807) is 24.3 Å². The maximum Gasteiger partial charge on any atom is 0.338 e. The van der Waals surface area contributed by atoms with Crippen LogP contribution in [0.2, 0.25) is 0 Å². The van der Waals surface area contributed by atoms with E-state index < -0.39 is 0 Å². The van der Waals surface area contributed by atoms with E-state index in [1.165, 1.54) is 0 Å². The largest absolute Gasteiger partial charge is 0.462 e. The molecule has 29 heavy (non-hydrogen) atoms. The number of esters is 1. The van der Waals surface area contributed by atoms with Crippen molar-refractivity contribution < 1.29 is 14.3 Å². The molecule has 4 heteroatoms. The van der Waals surface area contributed by atoms with E-state index in [0.29, 0.717) is 23.4 Å². The second kappa shape index (κ2) is 10.0.